The van der Waals surface area contributed by atoms with Crippen LogP contribution in [0.25, 0.3) is 6.08 Å². The second-order valence-electron chi connectivity index (χ2n) is 5.51. The van der Waals surface area contributed by atoms with E-state index in [1.165, 1.54) is 6.08 Å². The molecule has 2 aromatic carbocycles. The number of amides is 1. The van der Waals surface area contributed by atoms with Gasteiger partial charge in [0, 0.05) is 11.1 Å². The molecule has 0 atom stereocenters. The van der Waals surface area contributed by atoms with Crippen LogP contribution in [0.3, 0.4) is 0 Å². The van der Waals surface area contributed by atoms with Crippen molar-refractivity contribution in [3.63, 3.8) is 0 Å². The maximum Gasteiger partial charge on any atom is 0.416 e. The van der Waals surface area contributed by atoms with Crippen molar-refractivity contribution in [2.24, 2.45) is 0 Å². The number of carbonyl (C=O) groups excluding carboxylic acids is 1. The number of hydrogen-bond acceptors (Lipinski definition) is 3. The predicted octanol–water partition coefficient (Wildman–Crippen LogP) is 4.38. The summed E-state index contributed by atoms with van der Waals surface area (Å²) in [4.78, 5) is 12.0. The second kappa shape index (κ2) is 8.01. The molecule has 0 spiro atoms. The summed E-state index contributed by atoms with van der Waals surface area (Å²) < 4.78 is 63.5. The maximum absolute atomic E-state index is 12.9. The third-order valence-electron chi connectivity index (χ3n) is 3.20. The minimum atomic E-state index is -4.65. The topological polar surface area (TPSA) is 75.3 Å². The molecule has 27 heavy (non-hydrogen) atoms. The number of nitrogens with one attached hydrogen (secondary N) is 2. The molecule has 144 valence electrons. The van der Waals surface area contributed by atoms with Gasteiger partial charge in [0.15, 0.2) is 0 Å². The van der Waals surface area contributed by atoms with Crippen LogP contribution in [0.2, 0.25) is 5.02 Å². The third-order valence-corrected chi connectivity index (χ3v) is 4.04. The summed E-state index contributed by atoms with van der Waals surface area (Å²) in [5, 5.41) is 2.76. The molecule has 10 heteroatoms. The van der Waals surface area contributed by atoms with Crippen LogP contribution >= 0.6 is 11.6 Å². The number of benzene rings is 2. The summed E-state index contributed by atoms with van der Waals surface area (Å²) in [5.74, 6) is -0.735. The number of rotatable bonds is 5. The zero-order valence-corrected chi connectivity index (χ0v) is 15.4. The van der Waals surface area contributed by atoms with Crippen molar-refractivity contribution in [2.75, 3.05) is 16.3 Å². The summed E-state index contributed by atoms with van der Waals surface area (Å²) in [6.07, 6.45) is -1.27. The highest BCUT2D eigenvalue weighted by Crippen LogP contribution is 2.34. The number of anilines is 2. The van der Waals surface area contributed by atoms with Crippen molar-refractivity contribution in [2.45, 2.75) is 6.18 Å². The van der Waals surface area contributed by atoms with Crippen LogP contribution in [0.5, 0.6) is 0 Å². The lowest BCUT2D eigenvalue weighted by atomic mass is 10.1. The van der Waals surface area contributed by atoms with E-state index in [1.54, 1.807) is 24.3 Å². The summed E-state index contributed by atoms with van der Waals surface area (Å²) >= 11 is 5.75. The smallest absolute Gasteiger partial charge is 0.321 e. The first-order chi connectivity index (χ1) is 12.4. The summed E-state index contributed by atoms with van der Waals surface area (Å²) in [5.41, 5.74) is -0.883. The molecule has 0 fully saturated rings. The van der Waals surface area contributed by atoms with Gasteiger partial charge in [-0.15, -0.1) is 0 Å². The lowest BCUT2D eigenvalue weighted by molar-refractivity contribution is -0.137. The first kappa shape index (κ1) is 20.8. The summed E-state index contributed by atoms with van der Waals surface area (Å²) in [7, 11) is -3.76. The SMILES string of the molecule is CS(=O)(=O)Nc1ccc(C(F)(F)F)cc1NC(=O)/C=C/c1ccc(Cl)cc1. The average Bonchev–Trinajstić information content (AvgIpc) is 2.53. The minimum Gasteiger partial charge on any atom is -0.321 e. The zero-order chi connectivity index (χ0) is 20.2. The Labute approximate surface area is 158 Å². The van der Waals surface area contributed by atoms with Gasteiger partial charge in [-0.2, -0.15) is 13.2 Å². The minimum absolute atomic E-state index is 0.182. The van der Waals surface area contributed by atoms with Crippen molar-refractivity contribution in [3.8, 4) is 0 Å². The molecule has 0 aliphatic carbocycles. The van der Waals surface area contributed by atoms with E-state index in [2.05, 4.69) is 10.0 Å². The Hall–Kier alpha value is -2.52. The van der Waals surface area contributed by atoms with Crippen LogP contribution in [-0.2, 0) is 21.0 Å². The Balaban J connectivity index is 2.28. The molecule has 2 rings (SSSR count). The highest BCUT2D eigenvalue weighted by atomic mass is 35.5. The van der Waals surface area contributed by atoms with Crippen molar-refractivity contribution in [1.82, 2.24) is 0 Å². The molecule has 0 heterocycles. The van der Waals surface area contributed by atoms with Gasteiger partial charge in [0.2, 0.25) is 15.9 Å². The van der Waals surface area contributed by atoms with Crippen LogP contribution in [-0.4, -0.2) is 20.6 Å². The van der Waals surface area contributed by atoms with Crippen LogP contribution in [0, 0.1) is 0 Å². The van der Waals surface area contributed by atoms with Gasteiger partial charge < -0.3 is 5.32 Å². The molecule has 0 saturated heterocycles. The van der Waals surface area contributed by atoms with Gasteiger partial charge in [-0.1, -0.05) is 23.7 Å². The first-order valence-electron chi connectivity index (χ1n) is 7.38. The number of alkyl halides is 3. The average molecular weight is 419 g/mol. The van der Waals surface area contributed by atoms with Crippen molar-refractivity contribution in [1.29, 1.82) is 0 Å². The fourth-order valence-electron chi connectivity index (χ4n) is 2.03. The van der Waals surface area contributed by atoms with Crippen LogP contribution < -0.4 is 10.0 Å². The Kier molecular flexibility index (Phi) is 6.17. The molecule has 0 aliphatic rings. The highest BCUT2D eigenvalue weighted by molar-refractivity contribution is 7.92. The molecule has 2 aromatic rings. The largest absolute Gasteiger partial charge is 0.416 e. The van der Waals surface area contributed by atoms with Crippen molar-refractivity contribution >= 4 is 45.0 Å². The van der Waals surface area contributed by atoms with Crippen LogP contribution in [0.15, 0.2) is 48.5 Å². The first-order valence-corrected chi connectivity index (χ1v) is 9.65. The van der Waals surface area contributed by atoms with Gasteiger partial charge in [0.05, 0.1) is 23.2 Å². The molecule has 0 radical (unpaired) electrons. The number of halogens is 4. The molecule has 0 aliphatic heterocycles. The van der Waals surface area contributed by atoms with E-state index in [4.69, 9.17) is 11.6 Å². The number of carbonyl (C=O) groups is 1. The Morgan fingerprint density at radius 1 is 1.07 bits per heavy atom. The van der Waals surface area contributed by atoms with E-state index in [0.29, 0.717) is 22.7 Å². The van der Waals surface area contributed by atoms with E-state index < -0.39 is 27.7 Å². The van der Waals surface area contributed by atoms with Crippen LogP contribution in [0.1, 0.15) is 11.1 Å². The van der Waals surface area contributed by atoms with Gasteiger partial charge in [-0.05, 0) is 42.0 Å². The maximum atomic E-state index is 12.9. The van der Waals surface area contributed by atoms with Gasteiger partial charge in [0.1, 0.15) is 0 Å². The molecular weight excluding hydrogens is 405 g/mol. The lowest BCUT2D eigenvalue weighted by Gasteiger charge is -2.14. The predicted molar refractivity (Wildman–Crippen MR) is 99.0 cm³/mol. The van der Waals surface area contributed by atoms with E-state index in [-0.39, 0.29) is 11.4 Å². The third kappa shape index (κ3) is 6.61. The van der Waals surface area contributed by atoms with E-state index in [9.17, 15) is 26.4 Å². The standard InChI is InChI=1S/C17H14ClF3N2O3S/c1-27(25,26)23-14-8-5-12(17(19,20)21)10-15(14)22-16(24)9-4-11-2-6-13(18)7-3-11/h2-10,23H,1H3,(H,22,24)/b9-4+. The van der Waals surface area contributed by atoms with Crippen molar-refractivity contribution < 1.29 is 26.4 Å². The van der Waals surface area contributed by atoms with Gasteiger partial charge in [0.25, 0.3) is 0 Å². The quantitative estimate of drug-likeness (QED) is 0.707. The molecule has 0 unspecified atom stereocenters. The summed E-state index contributed by atoms with van der Waals surface area (Å²) in [6.45, 7) is 0. The van der Waals surface area contributed by atoms with Gasteiger partial charge in [-0.3, -0.25) is 9.52 Å². The highest BCUT2D eigenvalue weighted by Gasteiger charge is 2.31. The molecule has 0 saturated carbocycles. The normalized spacial score (nSPS) is 12.2. The van der Waals surface area contributed by atoms with E-state index >= 15 is 0 Å². The molecule has 0 bridgehead atoms. The number of hydrogen-bond donors (Lipinski definition) is 2. The van der Waals surface area contributed by atoms with Crippen LogP contribution in [0.4, 0.5) is 24.5 Å². The molecule has 2 N–H and O–H groups in total. The fraction of sp³-hybridized carbons (Fsp3) is 0.118. The monoisotopic (exact) mass is 418 g/mol. The zero-order valence-electron chi connectivity index (χ0n) is 13.8. The lowest BCUT2D eigenvalue weighted by Crippen LogP contribution is -2.16. The Morgan fingerprint density at radius 2 is 1.70 bits per heavy atom. The Morgan fingerprint density at radius 3 is 2.26 bits per heavy atom. The number of sulfonamides is 1. The van der Waals surface area contributed by atoms with E-state index in [0.717, 1.165) is 18.4 Å². The molecular formula is C17H14ClF3N2O3S. The molecule has 5 nitrogen and oxygen atoms in total. The van der Waals surface area contributed by atoms with E-state index in [1.807, 2.05) is 0 Å². The molecule has 1 amide bonds. The van der Waals surface area contributed by atoms with Gasteiger partial charge >= 0.3 is 6.18 Å². The summed E-state index contributed by atoms with van der Waals surface area (Å²) in [6, 6.07) is 8.82. The fourth-order valence-corrected chi connectivity index (χ4v) is 2.74. The van der Waals surface area contributed by atoms with Gasteiger partial charge in [-0.25, -0.2) is 8.42 Å². The second-order valence-corrected chi connectivity index (χ2v) is 7.69. The van der Waals surface area contributed by atoms with Crippen molar-refractivity contribution in [3.05, 3.63) is 64.7 Å². The Bertz CT molecular complexity index is 972. The molecule has 0 aromatic heterocycles.